The van der Waals surface area contributed by atoms with Crippen LogP contribution in [0.25, 0.3) is 0 Å². The first-order valence-electron chi connectivity index (χ1n) is 5.29. The van der Waals surface area contributed by atoms with Crippen molar-refractivity contribution in [2.75, 3.05) is 13.1 Å². The number of amides is 3. The molecule has 0 aromatic rings. The fraction of sp³-hybridized carbons (Fsp3) is 0.800. The van der Waals surface area contributed by atoms with Gasteiger partial charge in [-0.05, 0) is 27.2 Å². The van der Waals surface area contributed by atoms with Crippen molar-refractivity contribution >= 4 is 11.9 Å². The molecule has 2 unspecified atom stereocenters. The van der Waals surface area contributed by atoms with Gasteiger partial charge in [0, 0.05) is 13.1 Å². The van der Waals surface area contributed by atoms with Crippen LogP contribution in [0, 0.1) is 0 Å². The molecule has 1 rings (SSSR count). The summed E-state index contributed by atoms with van der Waals surface area (Å²) in [6, 6.07) is -0.604. The lowest BCUT2D eigenvalue weighted by Gasteiger charge is -2.16. The summed E-state index contributed by atoms with van der Waals surface area (Å²) in [5.41, 5.74) is 0. The maximum absolute atomic E-state index is 11.7. The quantitative estimate of drug-likeness (QED) is 0.690. The van der Waals surface area contributed by atoms with E-state index in [1.807, 2.05) is 6.92 Å². The van der Waals surface area contributed by atoms with Gasteiger partial charge in [0.2, 0.25) is 0 Å². The molecule has 0 aromatic carbocycles. The van der Waals surface area contributed by atoms with Crippen LogP contribution in [0.2, 0.25) is 0 Å². The van der Waals surface area contributed by atoms with Gasteiger partial charge >= 0.3 is 6.03 Å². The highest BCUT2D eigenvalue weighted by Crippen LogP contribution is 2.17. The largest absolute Gasteiger partial charge is 0.393 e. The van der Waals surface area contributed by atoms with E-state index in [9.17, 15) is 9.59 Å². The lowest BCUT2D eigenvalue weighted by molar-refractivity contribution is -0.128. The number of carbonyl (C=O) groups is 2. The van der Waals surface area contributed by atoms with E-state index in [1.165, 1.54) is 9.80 Å². The van der Waals surface area contributed by atoms with E-state index in [0.29, 0.717) is 19.5 Å². The molecule has 1 saturated heterocycles. The van der Waals surface area contributed by atoms with Crippen molar-refractivity contribution in [1.82, 2.24) is 9.80 Å². The molecule has 15 heavy (non-hydrogen) atoms. The van der Waals surface area contributed by atoms with Crippen LogP contribution in [0.15, 0.2) is 0 Å². The SMILES string of the molecule is CCN1C(=O)N(CCC(C)O)C(=O)C1C. The molecule has 2 atom stereocenters. The minimum absolute atomic E-state index is 0.164. The van der Waals surface area contributed by atoms with Crippen molar-refractivity contribution in [3.8, 4) is 0 Å². The third kappa shape index (κ3) is 2.28. The Morgan fingerprint density at radius 1 is 1.47 bits per heavy atom. The number of rotatable bonds is 4. The van der Waals surface area contributed by atoms with Gasteiger partial charge in [-0.2, -0.15) is 0 Å². The molecule has 86 valence electrons. The summed E-state index contributed by atoms with van der Waals surface area (Å²) in [5, 5.41) is 9.11. The molecular formula is C10H18N2O3. The van der Waals surface area contributed by atoms with Gasteiger partial charge in [-0.1, -0.05) is 0 Å². The molecule has 3 amide bonds. The molecule has 0 radical (unpaired) electrons. The van der Waals surface area contributed by atoms with E-state index < -0.39 is 6.10 Å². The Labute approximate surface area is 89.7 Å². The van der Waals surface area contributed by atoms with Gasteiger partial charge in [0.05, 0.1) is 6.10 Å². The predicted molar refractivity (Wildman–Crippen MR) is 55.2 cm³/mol. The van der Waals surface area contributed by atoms with Crippen LogP contribution >= 0.6 is 0 Å². The Morgan fingerprint density at radius 3 is 2.47 bits per heavy atom. The predicted octanol–water partition coefficient (Wildman–Crippen LogP) is 0.430. The van der Waals surface area contributed by atoms with E-state index in [1.54, 1.807) is 13.8 Å². The third-order valence-electron chi connectivity index (χ3n) is 2.68. The third-order valence-corrected chi connectivity index (χ3v) is 2.68. The number of hydrogen-bond acceptors (Lipinski definition) is 3. The maximum Gasteiger partial charge on any atom is 0.327 e. The fourth-order valence-corrected chi connectivity index (χ4v) is 1.70. The van der Waals surface area contributed by atoms with Crippen LogP contribution in [0.4, 0.5) is 4.79 Å². The monoisotopic (exact) mass is 214 g/mol. The first-order valence-corrected chi connectivity index (χ1v) is 5.29. The molecular weight excluding hydrogens is 196 g/mol. The molecule has 0 spiro atoms. The first-order chi connectivity index (χ1) is 6.99. The summed E-state index contributed by atoms with van der Waals surface area (Å²) in [7, 11) is 0. The van der Waals surface area contributed by atoms with E-state index in [4.69, 9.17) is 5.11 Å². The topological polar surface area (TPSA) is 60.9 Å². The molecule has 0 aromatic heterocycles. The van der Waals surface area contributed by atoms with Crippen molar-refractivity contribution in [2.45, 2.75) is 39.3 Å². The zero-order valence-corrected chi connectivity index (χ0v) is 9.43. The lowest BCUT2D eigenvalue weighted by atomic mass is 10.2. The minimum Gasteiger partial charge on any atom is -0.393 e. The smallest absolute Gasteiger partial charge is 0.327 e. The van der Waals surface area contributed by atoms with Gasteiger partial charge in [0.1, 0.15) is 6.04 Å². The number of aliphatic hydroxyl groups excluding tert-OH is 1. The summed E-state index contributed by atoms with van der Waals surface area (Å²) in [4.78, 5) is 26.2. The van der Waals surface area contributed by atoms with Gasteiger partial charge in [0.15, 0.2) is 0 Å². The zero-order valence-electron chi connectivity index (χ0n) is 9.43. The first kappa shape index (κ1) is 12.0. The molecule has 1 aliphatic heterocycles. The van der Waals surface area contributed by atoms with Gasteiger partial charge in [-0.3, -0.25) is 9.69 Å². The number of hydrogen-bond donors (Lipinski definition) is 1. The van der Waals surface area contributed by atoms with Crippen LogP contribution in [0.3, 0.4) is 0 Å². The van der Waals surface area contributed by atoms with Crippen LogP contribution in [-0.4, -0.2) is 52.1 Å². The van der Waals surface area contributed by atoms with Gasteiger partial charge in [-0.25, -0.2) is 4.79 Å². The zero-order chi connectivity index (χ0) is 11.6. The number of imide groups is 1. The van der Waals surface area contributed by atoms with E-state index in [0.717, 1.165) is 0 Å². The number of urea groups is 1. The molecule has 5 nitrogen and oxygen atoms in total. The average molecular weight is 214 g/mol. The van der Waals surface area contributed by atoms with E-state index in [-0.39, 0.29) is 18.0 Å². The van der Waals surface area contributed by atoms with Crippen LogP contribution < -0.4 is 0 Å². The highest BCUT2D eigenvalue weighted by Gasteiger charge is 2.40. The Kier molecular flexibility index (Phi) is 3.68. The Morgan fingerprint density at radius 2 is 2.07 bits per heavy atom. The van der Waals surface area contributed by atoms with E-state index in [2.05, 4.69) is 0 Å². The molecule has 1 fully saturated rings. The number of nitrogens with zero attached hydrogens (tertiary/aromatic N) is 2. The minimum atomic E-state index is -0.489. The highest BCUT2D eigenvalue weighted by molar-refractivity contribution is 6.03. The number of aliphatic hydroxyl groups is 1. The lowest BCUT2D eigenvalue weighted by Crippen LogP contribution is -2.34. The fourth-order valence-electron chi connectivity index (χ4n) is 1.70. The van der Waals surface area contributed by atoms with Crippen molar-refractivity contribution in [1.29, 1.82) is 0 Å². The Hall–Kier alpha value is -1.10. The second-order valence-electron chi connectivity index (χ2n) is 3.87. The van der Waals surface area contributed by atoms with Crippen LogP contribution in [0.1, 0.15) is 27.2 Å². The van der Waals surface area contributed by atoms with Crippen molar-refractivity contribution < 1.29 is 14.7 Å². The van der Waals surface area contributed by atoms with Crippen molar-refractivity contribution in [3.05, 3.63) is 0 Å². The van der Waals surface area contributed by atoms with Crippen molar-refractivity contribution in [2.24, 2.45) is 0 Å². The molecule has 0 saturated carbocycles. The van der Waals surface area contributed by atoms with Gasteiger partial charge in [-0.15, -0.1) is 0 Å². The average Bonchev–Trinajstić information content (AvgIpc) is 2.36. The number of likely N-dealkylation sites (N-methyl/N-ethyl adjacent to an activating group) is 1. The van der Waals surface area contributed by atoms with Gasteiger partial charge in [0.25, 0.3) is 5.91 Å². The standard InChI is InChI=1S/C10H18N2O3/c1-4-11-8(3)9(14)12(10(11)15)6-5-7(2)13/h7-8,13H,4-6H2,1-3H3. The summed E-state index contributed by atoms with van der Waals surface area (Å²) < 4.78 is 0. The molecule has 1 aliphatic rings. The Bertz CT molecular complexity index is 265. The summed E-state index contributed by atoms with van der Waals surface area (Å²) >= 11 is 0. The normalized spacial score (nSPS) is 23.9. The molecule has 1 heterocycles. The summed E-state index contributed by atoms with van der Waals surface area (Å²) in [6.07, 6.45) is -0.0570. The molecule has 0 bridgehead atoms. The summed E-state index contributed by atoms with van der Waals surface area (Å²) in [6.45, 7) is 6.06. The second kappa shape index (κ2) is 4.61. The molecule has 0 aliphatic carbocycles. The van der Waals surface area contributed by atoms with Crippen molar-refractivity contribution in [3.63, 3.8) is 0 Å². The van der Waals surface area contributed by atoms with Crippen LogP contribution in [0.5, 0.6) is 0 Å². The molecule has 1 N–H and O–H groups in total. The van der Waals surface area contributed by atoms with Gasteiger partial charge < -0.3 is 10.0 Å². The number of carbonyl (C=O) groups excluding carboxylic acids is 2. The maximum atomic E-state index is 11.7. The molecule has 5 heteroatoms. The summed E-state index contributed by atoms with van der Waals surface area (Å²) in [5.74, 6) is -0.164. The van der Waals surface area contributed by atoms with Crippen LogP contribution in [-0.2, 0) is 4.79 Å². The van der Waals surface area contributed by atoms with E-state index >= 15 is 0 Å². The Balaban J connectivity index is 2.66. The highest BCUT2D eigenvalue weighted by atomic mass is 16.3. The second-order valence-corrected chi connectivity index (χ2v) is 3.87.